The number of nitrogens with one attached hydrogen (secondary N) is 1. The van der Waals surface area contributed by atoms with Gasteiger partial charge in [0.15, 0.2) is 0 Å². The molecule has 0 bridgehead atoms. The van der Waals surface area contributed by atoms with Gasteiger partial charge in [-0.1, -0.05) is 30.3 Å². The van der Waals surface area contributed by atoms with Crippen LogP contribution in [-0.4, -0.2) is 36.0 Å². The van der Waals surface area contributed by atoms with Crippen molar-refractivity contribution in [2.45, 2.75) is 38.6 Å². The maximum absolute atomic E-state index is 12.6. The van der Waals surface area contributed by atoms with Gasteiger partial charge in [-0.2, -0.15) is 0 Å². The van der Waals surface area contributed by atoms with Crippen LogP contribution in [0.25, 0.3) is 0 Å². The lowest BCUT2D eigenvalue weighted by molar-refractivity contribution is -0.137. The fourth-order valence-electron chi connectivity index (χ4n) is 2.74. The number of likely N-dealkylation sites (N-methyl/N-ethyl adjacent to an activating group) is 1. The van der Waals surface area contributed by atoms with Gasteiger partial charge < -0.3 is 10.2 Å². The molecule has 1 aromatic carbocycles. The molecule has 2 rings (SSSR count). The molecule has 0 aliphatic carbocycles. The third-order valence-electron chi connectivity index (χ3n) is 4.02. The van der Waals surface area contributed by atoms with Crippen LogP contribution in [0.2, 0.25) is 0 Å². The van der Waals surface area contributed by atoms with E-state index in [0.717, 1.165) is 38.9 Å². The fourth-order valence-corrected chi connectivity index (χ4v) is 2.74. The first-order chi connectivity index (χ1) is 9.15. The van der Waals surface area contributed by atoms with Gasteiger partial charge in [0.1, 0.15) is 0 Å². The van der Waals surface area contributed by atoms with Crippen LogP contribution in [-0.2, 0) is 11.2 Å². The third kappa shape index (κ3) is 3.35. The maximum Gasteiger partial charge on any atom is 0.242 e. The Kier molecular flexibility index (Phi) is 4.59. The molecular weight excluding hydrogens is 236 g/mol. The van der Waals surface area contributed by atoms with Crippen molar-refractivity contribution in [2.24, 2.45) is 0 Å². The van der Waals surface area contributed by atoms with Crippen LogP contribution in [0.4, 0.5) is 0 Å². The lowest BCUT2D eigenvalue weighted by Crippen LogP contribution is -2.53. The molecule has 1 N–H and O–H groups in total. The van der Waals surface area contributed by atoms with Crippen LogP contribution in [0.1, 0.15) is 32.3 Å². The molecule has 3 heteroatoms. The van der Waals surface area contributed by atoms with Crippen LogP contribution in [0.3, 0.4) is 0 Å². The van der Waals surface area contributed by atoms with E-state index in [2.05, 4.69) is 24.4 Å². The van der Waals surface area contributed by atoms with E-state index in [1.165, 1.54) is 5.56 Å². The summed E-state index contributed by atoms with van der Waals surface area (Å²) < 4.78 is 0. The van der Waals surface area contributed by atoms with Crippen molar-refractivity contribution < 1.29 is 4.79 Å². The Morgan fingerprint density at radius 1 is 1.37 bits per heavy atom. The molecule has 0 radical (unpaired) electrons. The van der Waals surface area contributed by atoms with Crippen molar-refractivity contribution in [2.75, 3.05) is 19.6 Å². The summed E-state index contributed by atoms with van der Waals surface area (Å²) in [7, 11) is 0. The molecule has 1 aromatic rings. The van der Waals surface area contributed by atoms with E-state index in [4.69, 9.17) is 0 Å². The second kappa shape index (κ2) is 6.20. The van der Waals surface area contributed by atoms with Crippen molar-refractivity contribution in [3.63, 3.8) is 0 Å². The molecule has 1 unspecified atom stereocenters. The number of benzene rings is 1. The minimum Gasteiger partial charge on any atom is -0.341 e. The number of carbonyl (C=O) groups excluding carboxylic acids is 1. The molecule has 1 fully saturated rings. The molecule has 1 aliphatic rings. The van der Waals surface area contributed by atoms with Crippen molar-refractivity contribution in [1.82, 2.24) is 10.2 Å². The van der Waals surface area contributed by atoms with E-state index in [1.54, 1.807) is 0 Å². The van der Waals surface area contributed by atoms with E-state index in [-0.39, 0.29) is 11.4 Å². The van der Waals surface area contributed by atoms with E-state index < -0.39 is 0 Å². The topological polar surface area (TPSA) is 32.3 Å². The molecule has 1 atom stereocenters. The number of rotatable bonds is 5. The molecule has 0 aromatic heterocycles. The standard InChI is InChI=1S/C16H24N2O/c1-3-18(13-10-14-8-5-4-6-9-14)15(19)16(2)11-7-12-17-16/h4-6,8-9,17H,3,7,10-13H2,1-2H3. The predicted molar refractivity (Wildman–Crippen MR) is 78.0 cm³/mol. The fraction of sp³-hybridized carbons (Fsp3) is 0.562. The molecular formula is C16H24N2O. The molecule has 104 valence electrons. The van der Waals surface area contributed by atoms with Gasteiger partial charge >= 0.3 is 0 Å². The minimum absolute atomic E-state index is 0.253. The zero-order valence-electron chi connectivity index (χ0n) is 12.0. The highest BCUT2D eigenvalue weighted by atomic mass is 16.2. The van der Waals surface area contributed by atoms with E-state index >= 15 is 0 Å². The highest BCUT2D eigenvalue weighted by Crippen LogP contribution is 2.21. The Bertz CT molecular complexity index is 410. The van der Waals surface area contributed by atoms with Crippen LogP contribution in [0, 0.1) is 0 Å². The smallest absolute Gasteiger partial charge is 0.242 e. The van der Waals surface area contributed by atoms with Crippen LogP contribution in [0.15, 0.2) is 30.3 Å². The molecule has 0 spiro atoms. The van der Waals surface area contributed by atoms with E-state index in [9.17, 15) is 4.79 Å². The van der Waals surface area contributed by atoms with Gasteiger partial charge in [-0.15, -0.1) is 0 Å². The van der Waals surface area contributed by atoms with Crippen LogP contribution in [0.5, 0.6) is 0 Å². The predicted octanol–water partition coefficient (Wildman–Crippen LogP) is 2.22. The summed E-state index contributed by atoms with van der Waals surface area (Å²) in [6.45, 7) is 6.63. The normalized spacial score (nSPS) is 22.4. The highest BCUT2D eigenvalue weighted by molar-refractivity contribution is 5.86. The highest BCUT2D eigenvalue weighted by Gasteiger charge is 2.38. The van der Waals surface area contributed by atoms with Gasteiger partial charge in [0.2, 0.25) is 5.91 Å². The Balaban J connectivity index is 1.94. The van der Waals surface area contributed by atoms with Crippen LogP contribution < -0.4 is 5.32 Å². The molecule has 1 saturated heterocycles. The Labute approximate surface area is 116 Å². The van der Waals surface area contributed by atoms with Crippen LogP contribution >= 0.6 is 0 Å². The summed E-state index contributed by atoms with van der Waals surface area (Å²) in [4.78, 5) is 14.6. The largest absolute Gasteiger partial charge is 0.341 e. The quantitative estimate of drug-likeness (QED) is 0.880. The zero-order valence-corrected chi connectivity index (χ0v) is 12.0. The summed E-state index contributed by atoms with van der Waals surface area (Å²) in [5, 5.41) is 3.35. The van der Waals surface area contributed by atoms with Crippen molar-refractivity contribution in [1.29, 1.82) is 0 Å². The number of hydrogen-bond donors (Lipinski definition) is 1. The van der Waals surface area contributed by atoms with Gasteiger partial charge in [0.25, 0.3) is 0 Å². The molecule has 3 nitrogen and oxygen atoms in total. The summed E-state index contributed by atoms with van der Waals surface area (Å²) in [5.41, 5.74) is 0.950. The summed E-state index contributed by atoms with van der Waals surface area (Å²) in [6.07, 6.45) is 2.97. The lowest BCUT2D eigenvalue weighted by atomic mass is 9.98. The molecule has 19 heavy (non-hydrogen) atoms. The zero-order chi connectivity index (χ0) is 13.7. The first-order valence-corrected chi connectivity index (χ1v) is 7.24. The van der Waals surface area contributed by atoms with E-state index in [0.29, 0.717) is 0 Å². The second-order valence-electron chi connectivity index (χ2n) is 5.48. The Morgan fingerprint density at radius 2 is 2.11 bits per heavy atom. The summed E-state index contributed by atoms with van der Waals surface area (Å²) in [6, 6.07) is 10.4. The van der Waals surface area contributed by atoms with Gasteiger partial charge in [0, 0.05) is 13.1 Å². The van der Waals surface area contributed by atoms with Gasteiger partial charge in [-0.3, -0.25) is 4.79 Å². The lowest BCUT2D eigenvalue weighted by Gasteiger charge is -2.31. The SMILES string of the molecule is CCN(CCc1ccccc1)C(=O)C1(C)CCCN1. The second-order valence-corrected chi connectivity index (χ2v) is 5.48. The number of amides is 1. The Morgan fingerprint density at radius 3 is 2.68 bits per heavy atom. The van der Waals surface area contributed by atoms with Gasteiger partial charge in [0.05, 0.1) is 5.54 Å². The number of nitrogens with zero attached hydrogens (tertiary/aromatic N) is 1. The monoisotopic (exact) mass is 260 g/mol. The van der Waals surface area contributed by atoms with Gasteiger partial charge in [-0.25, -0.2) is 0 Å². The number of hydrogen-bond acceptors (Lipinski definition) is 2. The van der Waals surface area contributed by atoms with Crippen molar-refractivity contribution in [3.8, 4) is 0 Å². The van der Waals surface area contributed by atoms with Gasteiger partial charge in [-0.05, 0) is 45.2 Å². The average molecular weight is 260 g/mol. The molecule has 1 aliphatic heterocycles. The first kappa shape index (κ1) is 14.1. The van der Waals surface area contributed by atoms with Crippen molar-refractivity contribution in [3.05, 3.63) is 35.9 Å². The maximum atomic E-state index is 12.6. The minimum atomic E-state index is -0.341. The number of carbonyl (C=O) groups is 1. The molecule has 1 heterocycles. The van der Waals surface area contributed by atoms with E-state index in [1.807, 2.05) is 30.0 Å². The molecule has 0 saturated carbocycles. The third-order valence-corrected chi connectivity index (χ3v) is 4.02. The summed E-state index contributed by atoms with van der Waals surface area (Å²) in [5.74, 6) is 0.253. The first-order valence-electron chi connectivity index (χ1n) is 7.24. The Hall–Kier alpha value is -1.35. The summed E-state index contributed by atoms with van der Waals surface area (Å²) >= 11 is 0. The molecule has 1 amide bonds. The van der Waals surface area contributed by atoms with Crippen molar-refractivity contribution >= 4 is 5.91 Å². The average Bonchev–Trinajstić information content (AvgIpc) is 2.88.